The second kappa shape index (κ2) is 7.66. The van der Waals surface area contributed by atoms with Crippen molar-refractivity contribution in [1.82, 2.24) is 20.1 Å². The van der Waals surface area contributed by atoms with Crippen molar-refractivity contribution in [3.8, 4) is 0 Å². The lowest BCUT2D eigenvalue weighted by molar-refractivity contribution is 0.153. The Balaban J connectivity index is 1.67. The number of hydrogen-bond acceptors (Lipinski definition) is 5. The Morgan fingerprint density at radius 2 is 2.15 bits per heavy atom. The van der Waals surface area contributed by atoms with E-state index in [1.165, 1.54) is 16.5 Å². The summed E-state index contributed by atoms with van der Waals surface area (Å²) < 4.78 is 0. The van der Waals surface area contributed by atoms with E-state index in [9.17, 15) is 5.11 Å². The number of benzene rings is 1. The van der Waals surface area contributed by atoms with Gasteiger partial charge in [0.15, 0.2) is 0 Å². The van der Waals surface area contributed by atoms with Gasteiger partial charge < -0.3 is 10.0 Å². The van der Waals surface area contributed by atoms with Crippen LogP contribution in [0.25, 0.3) is 10.9 Å². The molecule has 6 heteroatoms. The van der Waals surface area contributed by atoms with Crippen LogP contribution < -0.4 is 4.90 Å². The van der Waals surface area contributed by atoms with Crippen molar-refractivity contribution in [3.05, 3.63) is 53.3 Å². The van der Waals surface area contributed by atoms with Gasteiger partial charge in [-0.1, -0.05) is 11.6 Å². The molecule has 27 heavy (non-hydrogen) atoms. The van der Waals surface area contributed by atoms with Crippen molar-refractivity contribution in [2.24, 2.45) is 0 Å². The molecule has 2 N–H and O–H groups in total. The Morgan fingerprint density at radius 1 is 1.26 bits per heavy atom. The molecule has 1 atom stereocenters. The molecule has 0 radical (unpaired) electrons. The third-order valence-corrected chi connectivity index (χ3v) is 5.16. The van der Waals surface area contributed by atoms with Gasteiger partial charge in [-0.25, -0.2) is 4.98 Å². The number of aliphatic hydroxyl groups excluding tert-OH is 1. The van der Waals surface area contributed by atoms with Gasteiger partial charge in [0.1, 0.15) is 5.82 Å². The minimum atomic E-state index is -0.273. The van der Waals surface area contributed by atoms with Crippen molar-refractivity contribution in [1.29, 1.82) is 0 Å². The number of aliphatic hydroxyl groups is 1. The molecule has 0 bridgehead atoms. The Hall–Kier alpha value is -2.44. The number of aromatic amines is 1. The number of nitrogens with zero attached hydrogens (tertiary/aromatic N) is 4. The smallest absolute Gasteiger partial charge is 0.133 e. The molecule has 2 aromatic heterocycles. The highest BCUT2D eigenvalue weighted by molar-refractivity contribution is 5.82. The molecule has 6 nitrogen and oxygen atoms in total. The lowest BCUT2D eigenvalue weighted by atomic mass is 10.1. The third-order valence-electron chi connectivity index (χ3n) is 5.16. The van der Waals surface area contributed by atoms with E-state index in [4.69, 9.17) is 4.98 Å². The van der Waals surface area contributed by atoms with E-state index in [2.05, 4.69) is 58.2 Å². The normalized spacial score (nSPS) is 17.8. The lowest BCUT2D eigenvalue weighted by Gasteiger charge is -2.33. The van der Waals surface area contributed by atoms with Crippen molar-refractivity contribution >= 4 is 16.7 Å². The number of piperidine rings is 1. The second-order valence-corrected chi connectivity index (χ2v) is 7.66. The highest BCUT2D eigenvalue weighted by atomic mass is 16.3. The lowest BCUT2D eigenvalue weighted by Crippen LogP contribution is -2.39. The zero-order valence-electron chi connectivity index (χ0n) is 16.0. The molecule has 3 aromatic rings. The fourth-order valence-corrected chi connectivity index (χ4v) is 3.88. The van der Waals surface area contributed by atoms with Crippen LogP contribution in [0.3, 0.4) is 0 Å². The van der Waals surface area contributed by atoms with Crippen LogP contribution in [0.4, 0.5) is 5.82 Å². The Kier molecular flexibility index (Phi) is 5.09. The molecule has 4 rings (SSSR count). The van der Waals surface area contributed by atoms with E-state index in [1.807, 2.05) is 6.07 Å². The maximum Gasteiger partial charge on any atom is 0.133 e. The quantitative estimate of drug-likeness (QED) is 0.728. The van der Waals surface area contributed by atoms with Gasteiger partial charge in [0, 0.05) is 49.0 Å². The largest absolute Gasteiger partial charge is 0.391 e. The first-order chi connectivity index (χ1) is 13.1. The van der Waals surface area contributed by atoms with Crippen LogP contribution in [-0.2, 0) is 13.1 Å². The number of anilines is 1. The summed E-state index contributed by atoms with van der Waals surface area (Å²) in [4.78, 5) is 9.50. The first-order valence-corrected chi connectivity index (χ1v) is 9.58. The van der Waals surface area contributed by atoms with E-state index in [1.54, 1.807) is 6.20 Å². The fraction of sp³-hybridized carbons (Fsp3) is 0.429. The summed E-state index contributed by atoms with van der Waals surface area (Å²) >= 11 is 0. The maximum atomic E-state index is 10.1. The first-order valence-electron chi connectivity index (χ1n) is 9.58. The maximum absolute atomic E-state index is 10.1. The van der Waals surface area contributed by atoms with Gasteiger partial charge in [-0.2, -0.15) is 5.10 Å². The van der Waals surface area contributed by atoms with Crippen LogP contribution in [-0.4, -0.2) is 51.4 Å². The molecule has 1 aliphatic rings. The zero-order valence-corrected chi connectivity index (χ0v) is 16.0. The molecule has 1 aliphatic heterocycles. The summed E-state index contributed by atoms with van der Waals surface area (Å²) in [5.74, 6) is 1.00. The van der Waals surface area contributed by atoms with E-state index >= 15 is 0 Å². The van der Waals surface area contributed by atoms with Crippen LogP contribution >= 0.6 is 0 Å². The van der Waals surface area contributed by atoms with Gasteiger partial charge in [-0.15, -0.1) is 0 Å². The molecule has 3 heterocycles. The van der Waals surface area contributed by atoms with Crippen molar-refractivity contribution in [2.75, 3.05) is 25.0 Å². The Bertz CT molecular complexity index is 908. The molecular weight excluding hydrogens is 338 g/mol. The van der Waals surface area contributed by atoms with Gasteiger partial charge in [0.25, 0.3) is 0 Å². The standard InChI is InChI=1S/C21H27N5O/c1-15-5-6-20-16(10-15)11-17(12-25(2)13-18-7-8-22-24-18)21(23-20)26-9-3-4-19(27)14-26/h5-8,10-11,19,27H,3-4,9,12-14H2,1-2H3,(H,22,24)/t19-/m1/s1. The molecule has 1 fully saturated rings. The zero-order chi connectivity index (χ0) is 18.8. The number of pyridine rings is 1. The summed E-state index contributed by atoms with van der Waals surface area (Å²) in [5.41, 5.74) is 4.54. The molecule has 0 spiro atoms. The molecule has 1 saturated heterocycles. The molecule has 0 aliphatic carbocycles. The molecule has 0 unspecified atom stereocenters. The molecular formula is C21H27N5O. The predicted octanol–water partition coefficient (Wildman–Crippen LogP) is 2.86. The van der Waals surface area contributed by atoms with Gasteiger partial charge in [-0.05, 0) is 51.1 Å². The van der Waals surface area contributed by atoms with Crippen LogP contribution in [0.1, 0.15) is 29.7 Å². The van der Waals surface area contributed by atoms with Crippen LogP contribution in [0.5, 0.6) is 0 Å². The number of hydrogen-bond donors (Lipinski definition) is 2. The molecule has 1 aromatic carbocycles. The van der Waals surface area contributed by atoms with E-state index in [-0.39, 0.29) is 6.10 Å². The number of nitrogens with one attached hydrogen (secondary N) is 1. The molecule has 0 saturated carbocycles. The van der Waals surface area contributed by atoms with Crippen LogP contribution in [0.2, 0.25) is 0 Å². The van der Waals surface area contributed by atoms with Crippen molar-refractivity contribution in [3.63, 3.8) is 0 Å². The SMILES string of the molecule is Cc1ccc2nc(N3CCC[C@@H](O)C3)c(CN(C)Cc3ccn[nH]3)cc2c1. The number of rotatable bonds is 5. The minimum absolute atomic E-state index is 0.273. The van der Waals surface area contributed by atoms with Gasteiger partial charge in [0.2, 0.25) is 0 Å². The number of H-pyrrole nitrogens is 1. The van der Waals surface area contributed by atoms with E-state index in [0.717, 1.165) is 49.5 Å². The van der Waals surface area contributed by atoms with Gasteiger partial charge in [-0.3, -0.25) is 10.00 Å². The summed E-state index contributed by atoms with van der Waals surface area (Å²) in [6.07, 6.45) is 3.38. The van der Waals surface area contributed by atoms with Crippen molar-refractivity contribution < 1.29 is 5.11 Å². The number of aromatic nitrogens is 3. The van der Waals surface area contributed by atoms with Crippen LogP contribution in [0.15, 0.2) is 36.5 Å². The highest BCUT2D eigenvalue weighted by Gasteiger charge is 2.22. The topological polar surface area (TPSA) is 68.3 Å². The number of β-amino-alcohol motifs (C(OH)–C–C–N with tert-alkyl or cyclic N) is 1. The summed E-state index contributed by atoms with van der Waals surface area (Å²) in [6.45, 7) is 5.30. The van der Waals surface area contributed by atoms with Crippen LogP contribution in [0, 0.1) is 6.92 Å². The van der Waals surface area contributed by atoms with Gasteiger partial charge >= 0.3 is 0 Å². The average Bonchev–Trinajstić information content (AvgIpc) is 3.14. The molecule has 142 valence electrons. The van der Waals surface area contributed by atoms with Crippen molar-refractivity contribution in [2.45, 2.75) is 39.0 Å². The number of aryl methyl sites for hydroxylation is 1. The minimum Gasteiger partial charge on any atom is -0.391 e. The predicted molar refractivity (Wildman–Crippen MR) is 108 cm³/mol. The monoisotopic (exact) mass is 365 g/mol. The number of fused-ring (bicyclic) bond motifs is 1. The van der Waals surface area contributed by atoms with E-state index < -0.39 is 0 Å². The Labute approximate surface area is 159 Å². The average molecular weight is 365 g/mol. The summed E-state index contributed by atoms with van der Waals surface area (Å²) in [6, 6.07) is 10.6. The summed E-state index contributed by atoms with van der Waals surface area (Å²) in [5, 5.41) is 18.4. The second-order valence-electron chi connectivity index (χ2n) is 7.66. The Morgan fingerprint density at radius 3 is 2.93 bits per heavy atom. The third kappa shape index (κ3) is 4.12. The molecule has 0 amide bonds. The first kappa shape index (κ1) is 17.9. The van der Waals surface area contributed by atoms with Gasteiger partial charge in [0.05, 0.1) is 11.6 Å². The van der Waals surface area contributed by atoms with E-state index in [0.29, 0.717) is 6.54 Å². The highest BCUT2D eigenvalue weighted by Crippen LogP contribution is 2.28. The fourth-order valence-electron chi connectivity index (χ4n) is 3.88. The summed E-state index contributed by atoms with van der Waals surface area (Å²) in [7, 11) is 2.11.